The Hall–Kier alpha value is -2.08. The third-order valence-corrected chi connectivity index (χ3v) is 4.24. The van der Waals surface area contributed by atoms with Gasteiger partial charge in [-0.2, -0.15) is 5.26 Å². The van der Waals surface area contributed by atoms with Gasteiger partial charge in [-0.1, -0.05) is 36.5 Å². The first-order chi connectivity index (χ1) is 10.6. The van der Waals surface area contributed by atoms with Crippen LogP contribution in [0, 0.1) is 11.3 Å². The van der Waals surface area contributed by atoms with Gasteiger partial charge in [-0.15, -0.1) is 6.58 Å². The molecule has 2 rings (SSSR count). The molecule has 0 fully saturated rings. The molecule has 0 N–H and O–H groups in total. The molecular weight excluding hydrogens is 269 g/mol. The van der Waals surface area contributed by atoms with Crippen molar-refractivity contribution in [3.8, 4) is 6.07 Å². The molecule has 1 aromatic carbocycles. The molecule has 2 atom stereocenters. The Morgan fingerprint density at radius 3 is 2.68 bits per heavy atom. The molecule has 0 spiro atoms. The van der Waals surface area contributed by atoms with E-state index in [1.165, 1.54) is 5.57 Å². The molecular formula is C19H21BNO. The molecule has 0 saturated carbocycles. The monoisotopic (exact) mass is 290 g/mol. The van der Waals surface area contributed by atoms with Crippen molar-refractivity contribution in [1.82, 2.24) is 0 Å². The molecule has 1 aliphatic rings. The first-order valence-corrected chi connectivity index (χ1v) is 7.76. The van der Waals surface area contributed by atoms with Crippen LogP contribution in [0.25, 0.3) is 0 Å². The van der Waals surface area contributed by atoms with Crippen molar-refractivity contribution in [2.45, 2.75) is 44.8 Å². The number of nitrogens with zero attached hydrogens (tertiary/aromatic N) is 1. The zero-order valence-electron chi connectivity index (χ0n) is 13.3. The van der Waals surface area contributed by atoms with Crippen LogP contribution in [0.15, 0.2) is 48.1 Å². The maximum Gasteiger partial charge on any atom is 0.212 e. The Morgan fingerprint density at radius 1 is 1.45 bits per heavy atom. The minimum Gasteiger partial charge on any atom is -0.307 e. The summed E-state index contributed by atoms with van der Waals surface area (Å²) in [6, 6.07) is 9.73. The molecule has 0 bridgehead atoms. The van der Waals surface area contributed by atoms with Gasteiger partial charge in [0.1, 0.15) is 5.68 Å². The molecule has 0 aliphatic carbocycles. The largest absolute Gasteiger partial charge is 0.307 e. The lowest BCUT2D eigenvalue weighted by Gasteiger charge is -2.28. The van der Waals surface area contributed by atoms with E-state index in [0.29, 0.717) is 11.4 Å². The van der Waals surface area contributed by atoms with Gasteiger partial charge in [0.05, 0.1) is 11.6 Å². The van der Waals surface area contributed by atoms with Crippen LogP contribution < -0.4 is 0 Å². The van der Waals surface area contributed by atoms with Crippen molar-refractivity contribution < 1.29 is 4.79 Å². The molecule has 1 radical (unpaired) electrons. The summed E-state index contributed by atoms with van der Waals surface area (Å²) in [4.78, 5) is 12.5. The maximum absolute atomic E-state index is 12.5. The number of carbonyl (C=O) groups is 1. The van der Waals surface area contributed by atoms with Crippen LogP contribution in [-0.2, 0) is 4.79 Å². The third-order valence-electron chi connectivity index (χ3n) is 4.24. The lowest BCUT2D eigenvalue weighted by Crippen LogP contribution is -2.26. The van der Waals surface area contributed by atoms with Gasteiger partial charge >= 0.3 is 0 Å². The molecule has 1 aromatic rings. The summed E-state index contributed by atoms with van der Waals surface area (Å²) in [5.74, 6) is 0.402. The lowest BCUT2D eigenvalue weighted by atomic mass is 9.52. The predicted octanol–water partition coefficient (Wildman–Crippen LogP) is 4.37. The molecule has 2 nitrogen and oxygen atoms in total. The van der Waals surface area contributed by atoms with E-state index in [9.17, 15) is 4.79 Å². The van der Waals surface area contributed by atoms with Crippen LogP contribution in [0.4, 0.5) is 0 Å². The van der Waals surface area contributed by atoms with E-state index in [4.69, 9.17) is 5.26 Å². The lowest BCUT2D eigenvalue weighted by molar-refractivity contribution is -0.109. The van der Waals surface area contributed by atoms with Crippen LogP contribution in [0.1, 0.15) is 50.2 Å². The van der Waals surface area contributed by atoms with Crippen LogP contribution in [-0.4, -0.2) is 13.0 Å². The zero-order valence-corrected chi connectivity index (χ0v) is 13.3. The van der Waals surface area contributed by atoms with Gasteiger partial charge in [0.2, 0.25) is 7.28 Å². The maximum atomic E-state index is 12.5. The molecule has 0 amide bonds. The van der Waals surface area contributed by atoms with Gasteiger partial charge in [-0.3, -0.25) is 0 Å². The van der Waals surface area contributed by atoms with Crippen LogP contribution in [0.2, 0.25) is 5.82 Å². The second-order valence-corrected chi connectivity index (χ2v) is 6.06. The minimum atomic E-state index is 0.0852. The number of nitriles is 1. The second kappa shape index (κ2) is 7.27. The predicted molar refractivity (Wildman–Crippen MR) is 90.8 cm³/mol. The number of carbonyl (C=O) groups excluding carboxylic acids is 1. The van der Waals surface area contributed by atoms with Crippen molar-refractivity contribution in [2.75, 3.05) is 0 Å². The van der Waals surface area contributed by atoms with Gasteiger partial charge in [-0.05, 0) is 49.5 Å². The highest BCUT2D eigenvalue weighted by molar-refractivity contribution is 6.78. The third kappa shape index (κ3) is 3.57. The van der Waals surface area contributed by atoms with Crippen molar-refractivity contribution in [3.05, 3.63) is 59.2 Å². The van der Waals surface area contributed by atoms with Gasteiger partial charge in [0.25, 0.3) is 0 Å². The van der Waals surface area contributed by atoms with Crippen LogP contribution in [0.3, 0.4) is 0 Å². The Balaban J connectivity index is 2.40. The number of hydrogen-bond acceptors (Lipinski definition) is 2. The van der Waals surface area contributed by atoms with E-state index < -0.39 is 0 Å². The van der Waals surface area contributed by atoms with Crippen molar-refractivity contribution in [1.29, 1.82) is 5.26 Å². The smallest absolute Gasteiger partial charge is 0.212 e. The molecule has 1 heterocycles. The Labute approximate surface area is 133 Å². The van der Waals surface area contributed by atoms with Crippen LogP contribution in [0.5, 0.6) is 0 Å². The molecule has 2 unspecified atom stereocenters. The van der Waals surface area contributed by atoms with E-state index >= 15 is 0 Å². The standard InChI is InChI=1S/C19H21BNO/c1-4-5-6-17(16-9-7-15(12-21)8-10-16)18-13(2)11-14(3)20-19(18)22/h4,7-10,14,17H,1,5-6,11H2,2-3H3. The SMILES string of the molecule is C=CCCC(C1=C(C)CC(C)[B]C1=O)c1ccc(C#N)cc1. The number of hydrogen-bond donors (Lipinski definition) is 0. The molecule has 111 valence electrons. The highest BCUT2D eigenvalue weighted by atomic mass is 16.1. The Morgan fingerprint density at radius 2 is 2.14 bits per heavy atom. The van der Waals surface area contributed by atoms with Crippen molar-refractivity contribution in [2.24, 2.45) is 0 Å². The Kier molecular flexibility index (Phi) is 5.38. The van der Waals surface area contributed by atoms with E-state index in [-0.39, 0.29) is 11.6 Å². The van der Waals surface area contributed by atoms with Gasteiger partial charge in [0.15, 0.2) is 0 Å². The highest BCUT2D eigenvalue weighted by Gasteiger charge is 2.30. The summed E-state index contributed by atoms with van der Waals surface area (Å²) in [5.41, 5.74) is 4.04. The average Bonchev–Trinajstić information content (AvgIpc) is 2.50. The minimum absolute atomic E-state index is 0.0852. The normalized spacial score (nSPS) is 19.3. The molecule has 22 heavy (non-hydrogen) atoms. The topological polar surface area (TPSA) is 40.9 Å². The molecule has 3 heteroatoms. The van der Waals surface area contributed by atoms with Gasteiger partial charge in [-0.25, -0.2) is 0 Å². The quantitative estimate of drug-likeness (QED) is 0.597. The zero-order chi connectivity index (χ0) is 16.1. The fourth-order valence-electron chi connectivity index (χ4n) is 3.23. The molecule has 0 saturated heterocycles. The fourth-order valence-corrected chi connectivity index (χ4v) is 3.23. The summed E-state index contributed by atoms with van der Waals surface area (Å²) in [6.07, 6.45) is 4.58. The van der Waals surface area contributed by atoms with Gasteiger partial charge < -0.3 is 4.79 Å². The van der Waals surface area contributed by atoms with E-state index in [1.54, 1.807) is 0 Å². The summed E-state index contributed by atoms with van der Waals surface area (Å²) < 4.78 is 0. The number of rotatable bonds is 5. The number of allylic oxidation sites excluding steroid dienone is 3. The average molecular weight is 290 g/mol. The molecule has 0 aromatic heterocycles. The van der Waals surface area contributed by atoms with E-state index in [0.717, 1.165) is 30.4 Å². The van der Waals surface area contributed by atoms with Crippen molar-refractivity contribution in [3.63, 3.8) is 0 Å². The van der Waals surface area contributed by atoms with E-state index in [2.05, 4.69) is 26.5 Å². The van der Waals surface area contributed by atoms with Gasteiger partial charge in [0, 0.05) is 5.92 Å². The Bertz CT molecular complexity index is 636. The summed E-state index contributed by atoms with van der Waals surface area (Å²) >= 11 is 0. The van der Waals surface area contributed by atoms with E-state index in [1.807, 2.05) is 37.6 Å². The fraction of sp³-hybridized carbons (Fsp3) is 0.368. The second-order valence-electron chi connectivity index (χ2n) is 6.06. The number of benzene rings is 1. The first-order valence-electron chi connectivity index (χ1n) is 7.76. The summed E-state index contributed by atoms with van der Waals surface area (Å²) in [5, 5.41) is 8.94. The highest BCUT2D eigenvalue weighted by Crippen LogP contribution is 2.37. The molecule has 1 aliphatic heterocycles. The first kappa shape index (κ1) is 16.3. The van der Waals surface area contributed by atoms with Crippen molar-refractivity contribution >= 4 is 13.0 Å². The van der Waals surface area contributed by atoms with Crippen LogP contribution >= 0.6 is 0 Å². The summed E-state index contributed by atoms with van der Waals surface area (Å²) in [6.45, 7) is 7.95. The summed E-state index contributed by atoms with van der Waals surface area (Å²) in [7, 11) is 1.84.